The standard InChI is InChI=1S/C18H18N4O2/c1-13-5-2-3-8-16(13)17(23)10-20-18(24)14-6-4-7-15(9-14)22-12-19-11-21-22/h2-9,11-12,17,23H,10H2,1H3,(H,20,24). The molecule has 24 heavy (non-hydrogen) atoms. The number of carbonyl (C=O) groups is 1. The molecule has 0 spiro atoms. The number of amides is 1. The second-order valence-electron chi connectivity index (χ2n) is 5.47. The number of hydrogen-bond donors (Lipinski definition) is 2. The molecular formula is C18H18N4O2. The van der Waals surface area contributed by atoms with Crippen LogP contribution in [-0.2, 0) is 0 Å². The van der Waals surface area contributed by atoms with Gasteiger partial charge in [0.1, 0.15) is 12.7 Å². The van der Waals surface area contributed by atoms with Crippen molar-refractivity contribution in [1.29, 1.82) is 0 Å². The van der Waals surface area contributed by atoms with E-state index < -0.39 is 6.10 Å². The number of rotatable bonds is 5. The highest BCUT2D eigenvalue weighted by molar-refractivity contribution is 5.94. The van der Waals surface area contributed by atoms with Crippen LogP contribution in [0.15, 0.2) is 61.2 Å². The summed E-state index contributed by atoms with van der Waals surface area (Å²) in [6.45, 7) is 2.08. The molecule has 3 rings (SSSR count). The van der Waals surface area contributed by atoms with E-state index >= 15 is 0 Å². The first-order valence-corrected chi connectivity index (χ1v) is 7.62. The zero-order valence-corrected chi connectivity index (χ0v) is 13.3. The van der Waals surface area contributed by atoms with Crippen molar-refractivity contribution in [3.63, 3.8) is 0 Å². The van der Waals surface area contributed by atoms with Gasteiger partial charge in [-0.15, -0.1) is 0 Å². The van der Waals surface area contributed by atoms with E-state index in [0.29, 0.717) is 5.56 Å². The summed E-state index contributed by atoms with van der Waals surface area (Å²) >= 11 is 0. The summed E-state index contributed by atoms with van der Waals surface area (Å²) in [5.74, 6) is -0.246. The fourth-order valence-corrected chi connectivity index (χ4v) is 2.49. The van der Waals surface area contributed by atoms with E-state index in [2.05, 4.69) is 15.4 Å². The fraction of sp³-hybridized carbons (Fsp3) is 0.167. The van der Waals surface area contributed by atoms with Crippen LogP contribution in [0.1, 0.15) is 27.6 Å². The maximum Gasteiger partial charge on any atom is 0.251 e. The number of carbonyl (C=O) groups excluding carboxylic acids is 1. The van der Waals surface area contributed by atoms with Crippen molar-refractivity contribution in [3.05, 3.63) is 77.9 Å². The number of nitrogens with zero attached hydrogens (tertiary/aromatic N) is 3. The smallest absolute Gasteiger partial charge is 0.251 e. The topological polar surface area (TPSA) is 80.0 Å². The average molecular weight is 322 g/mol. The lowest BCUT2D eigenvalue weighted by Gasteiger charge is -2.14. The first kappa shape index (κ1) is 15.9. The first-order valence-electron chi connectivity index (χ1n) is 7.62. The van der Waals surface area contributed by atoms with E-state index in [4.69, 9.17) is 0 Å². The van der Waals surface area contributed by atoms with Crippen molar-refractivity contribution < 1.29 is 9.90 Å². The molecule has 0 saturated heterocycles. The molecule has 1 amide bonds. The van der Waals surface area contributed by atoms with Gasteiger partial charge in [0.2, 0.25) is 0 Å². The Bertz CT molecular complexity index is 831. The van der Waals surface area contributed by atoms with Gasteiger partial charge in [0.25, 0.3) is 5.91 Å². The van der Waals surface area contributed by atoms with Gasteiger partial charge in [-0.25, -0.2) is 9.67 Å². The summed E-state index contributed by atoms with van der Waals surface area (Å²) in [7, 11) is 0. The second-order valence-corrected chi connectivity index (χ2v) is 5.47. The zero-order valence-electron chi connectivity index (χ0n) is 13.3. The minimum atomic E-state index is -0.742. The lowest BCUT2D eigenvalue weighted by molar-refractivity contribution is 0.0916. The molecule has 6 heteroatoms. The Balaban J connectivity index is 1.67. The number of hydrogen-bond acceptors (Lipinski definition) is 4. The van der Waals surface area contributed by atoms with Crippen molar-refractivity contribution >= 4 is 5.91 Å². The Labute approximate surface area is 139 Å². The number of nitrogens with one attached hydrogen (secondary N) is 1. The molecule has 122 valence electrons. The minimum absolute atomic E-state index is 0.150. The van der Waals surface area contributed by atoms with E-state index in [-0.39, 0.29) is 12.5 Å². The van der Waals surface area contributed by atoms with Crippen LogP contribution >= 0.6 is 0 Å². The molecule has 1 unspecified atom stereocenters. The predicted molar refractivity (Wildman–Crippen MR) is 89.8 cm³/mol. The van der Waals surface area contributed by atoms with Gasteiger partial charge < -0.3 is 10.4 Å². The first-order chi connectivity index (χ1) is 11.6. The van der Waals surface area contributed by atoms with Gasteiger partial charge in [0.15, 0.2) is 0 Å². The van der Waals surface area contributed by atoms with E-state index in [9.17, 15) is 9.90 Å². The SMILES string of the molecule is Cc1ccccc1C(O)CNC(=O)c1cccc(-n2cncn2)c1. The maximum atomic E-state index is 12.3. The lowest BCUT2D eigenvalue weighted by atomic mass is 10.0. The molecule has 0 saturated carbocycles. The van der Waals surface area contributed by atoms with Gasteiger partial charge in [-0.2, -0.15) is 5.10 Å². The lowest BCUT2D eigenvalue weighted by Crippen LogP contribution is -2.28. The average Bonchev–Trinajstić information content (AvgIpc) is 3.14. The minimum Gasteiger partial charge on any atom is -0.387 e. The van der Waals surface area contributed by atoms with Gasteiger partial charge in [-0.05, 0) is 36.2 Å². The number of aliphatic hydroxyl groups is 1. The van der Waals surface area contributed by atoms with Crippen molar-refractivity contribution in [2.75, 3.05) is 6.54 Å². The van der Waals surface area contributed by atoms with Gasteiger partial charge in [-0.3, -0.25) is 4.79 Å². The zero-order chi connectivity index (χ0) is 16.9. The van der Waals surface area contributed by atoms with Crippen LogP contribution in [0.2, 0.25) is 0 Å². The van der Waals surface area contributed by atoms with E-state index in [1.54, 1.807) is 29.2 Å². The number of aliphatic hydroxyl groups excluding tert-OH is 1. The molecule has 0 aliphatic carbocycles. The molecule has 6 nitrogen and oxygen atoms in total. The van der Waals surface area contributed by atoms with Crippen LogP contribution < -0.4 is 5.32 Å². The third-order valence-corrected chi connectivity index (χ3v) is 3.80. The maximum absolute atomic E-state index is 12.3. The number of aromatic nitrogens is 3. The number of aryl methyl sites for hydroxylation is 1. The summed E-state index contributed by atoms with van der Waals surface area (Å²) in [4.78, 5) is 16.2. The van der Waals surface area contributed by atoms with Crippen LogP contribution in [0.25, 0.3) is 5.69 Å². The highest BCUT2D eigenvalue weighted by Crippen LogP contribution is 2.16. The quantitative estimate of drug-likeness (QED) is 0.753. The van der Waals surface area contributed by atoms with E-state index in [1.165, 1.54) is 6.33 Å². The van der Waals surface area contributed by atoms with Crippen LogP contribution in [0.4, 0.5) is 0 Å². The fourth-order valence-electron chi connectivity index (χ4n) is 2.49. The van der Waals surface area contributed by atoms with E-state index in [0.717, 1.165) is 16.8 Å². The molecule has 0 fully saturated rings. The van der Waals surface area contributed by atoms with Crippen molar-refractivity contribution in [2.45, 2.75) is 13.0 Å². The molecule has 2 N–H and O–H groups in total. The summed E-state index contributed by atoms with van der Waals surface area (Å²) in [5, 5.41) is 17.1. The Morgan fingerprint density at radius 3 is 2.83 bits per heavy atom. The normalized spacial score (nSPS) is 11.9. The Morgan fingerprint density at radius 1 is 1.25 bits per heavy atom. The monoisotopic (exact) mass is 322 g/mol. The Morgan fingerprint density at radius 2 is 2.08 bits per heavy atom. The van der Waals surface area contributed by atoms with Gasteiger partial charge in [0, 0.05) is 12.1 Å². The molecule has 3 aromatic rings. The second kappa shape index (κ2) is 7.06. The predicted octanol–water partition coefficient (Wildman–Crippen LogP) is 2.04. The Kier molecular flexibility index (Phi) is 4.67. The van der Waals surface area contributed by atoms with Crippen molar-refractivity contribution in [1.82, 2.24) is 20.1 Å². The molecular weight excluding hydrogens is 304 g/mol. The highest BCUT2D eigenvalue weighted by Gasteiger charge is 2.13. The molecule has 0 aliphatic heterocycles. The molecule has 0 radical (unpaired) electrons. The van der Waals surface area contributed by atoms with Gasteiger partial charge in [0.05, 0.1) is 11.8 Å². The van der Waals surface area contributed by atoms with Gasteiger partial charge in [-0.1, -0.05) is 30.3 Å². The summed E-state index contributed by atoms with van der Waals surface area (Å²) in [5.41, 5.74) is 3.06. The van der Waals surface area contributed by atoms with Crippen LogP contribution in [0, 0.1) is 6.92 Å². The van der Waals surface area contributed by atoms with Crippen molar-refractivity contribution in [3.8, 4) is 5.69 Å². The third-order valence-electron chi connectivity index (χ3n) is 3.80. The summed E-state index contributed by atoms with van der Waals surface area (Å²) in [6.07, 6.45) is 2.26. The summed E-state index contributed by atoms with van der Waals surface area (Å²) in [6, 6.07) is 14.6. The molecule has 0 aliphatic rings. The molecule has 1 heterocycles. The van der Waals surface area contributed by atoms with E-state index in [1.807, 2.05) is 37.3 Å². The summed E-state index contributed by atoms with van der Waals surface area (Å²) < 4.78 is 1.58. The number of benzene rings is 2. The Hall–Kier alpha value is -2.99. The molecule has 0 bridgehead atoms. The third kappa shape index (κ3) is 3.49. The van der Waals surface area contributed by atoms with Gasteiger partial charge >= 0.3 is 0 Å². The van der Waals surface area contributed by atoms with Crippen molar-refractivity contribution in [2.24, 2.45) is 0 Å². The largest absolute Gasteiger partial charge is 0.387 e. The van der Waals surface area contributed by atoms with Crippen LogP contribution in [-0.4, -0.2) is 32.3 Å². The molecule has 1 aromatic heterocycles. The van der Waals surface area contributed by atoms with Crippen LogP contribution in [0.5, 0.6) is 0 Å². The molecule has 1 atom stereocenters. The van der Waals surface area contributed by atoms with Crippen LogP contribution in [0.3, 0.4) is 0 Å². The highest BCUT2D eigenvalue weighted by atomic mass is 16.3. The molecule has 2 aromatic carbocycles.